The Bertz CT molecular complexity index is 461. The first kappa shape index (κ1) is 11.2. The number of aromatic nitrogens is 4. The van der Waals surface area contributed by atoms with Crippen molar-refractivity contribution in [3.05, 3.63) is 28.2 Å². The molecule has 1 unspecified atom stereocenters. The predicted molar refractivity (Wildman–Crippen MR) is 63.2 cm³/mol. The van der Waals surface area contributed by atoms with E-state index in [4.69, 9.17) is 5.73 Å². The molecule has 0 radical (unpaired) electrons. The van der Waals surface area contributed by atoms with Gasteiger partial charge in [-0.25, -0.2) is 9.97 Å². The number of thiazole rings is 1. The van der Waals surface area contributed by atoms with Crippen LogP contribution in [-0.4, -0.2) is 19.7 Å². The van der Waals surface area contributed by atoms with E-state index in [2.05, 4.69) is 15.1 Å². The van der Waals surface area contributed by atoms with Crippen LogP contribution in [-0.2, 0) is 13.0 Å². The zero-order chi connectivity index (χ0) is 11.5. The molecule has 2 N–H and O–H groups in total. The minimum Gasteiger partial charge on any atom is -0.323 e. The number of nitrogens with two attached hydrogens (primary N) is 1. The van der Waals surface area contributed by atoms with Crippen molar-refractivity contribution in [3.63, 3.8) is 0 Å². The molecule has 5 nitrogen and oxygen atoms in total. The average Bonchev–Trinajstić information content (AvgIpc) is 2.86. The fourth-order valence-electron chi connectivity index (χ4n) is 1.67. The number of nitrogens with zero attached hydrogens (tertiary/aromatic N) is 4. The van der Waals surface area contributed by atoms with Crippen LogP contribution in [0.4, 0.5) is 0 Å². The second-order valence-electron chi connectivity index (χ2n) is 3.60. The zero-order valence-electron chi connectivity index (χ0n) is 9.42. The molecule has 0 spiro atoms. The number of hydrogen-bond donors (Lipinski definition) is 1. The van der Waals surface area contributed by atoms with E-state index in [1.165, 1.54) is 0 Å². The van der Waals surface area contributed by atoms with Gasteiger partial charge in [-0.1, -0.05) is 0 Å². The molecular weight excluding hydrogens is 222 g/mol. The summed E-state index contributed by atoms with van der Waals surface area (Å²) in [5.74, 6) is 0.933. The van der Waals surface area contributed by atoms with Gasteiger partial charge in [0, 0.05) is 23.9 Å². The highest BCUT2D eigenvalue weighted by molar-refractivity contribution is 7.09. The topological polar surface area (TPSA) is 69.6 Å². The summed E-state index contributed by atoms with van der Waals surface area (Å²) in [5, 5.41) is 4.13. The molecule has 86 valence electrons. The first-order valence-corrected chi connectivity index (χ1v) is 6.12. The van der Waals surface area contributed by atoms with Gasteiger partial charge >= 0.3 is 0 Å². The van der Waals surface area contributed by atoms with Crippen molar-refractivity contribution in [1.29, 1.82) is 0 Å². The van der Waals surface area contributed by atoms with Crippen LogP contribution in [0.2, 0.25) is 0 Å². The van der Waals surface area contributed by atoms with Crippen molar-refractivity contribution >= 4 is 11.3 Å². The Labute approximate surface area is 98.3 Å². The van der Waals surface area contributed by atoms with Gasteiger partial charge in [0.15, 0.2) is 0 Å². The fourth-order valence-corrected chi connectivity index (χ4v) is 2.47. The maximum Gasteiger partial charge on any atom is 0.138 e. The lowest BCUT2D eigenvalue weighted by atomic mass is 10.1. The summed E-state index contributed by atoms with van der Waals surface area (Å²) in [6.07, 6.45) is 2.28. The van der Waals surface area contributed by atoms with Crippen LogP contribution < -0.4 is 5.73 Å². The lowest BCUT2D eigenvalue weighted by molar-refractivity contribution is 0.583. The second kappa shape index (κ2) is 4.71. The Kier molecular flexibility index (Phi) is 3.31. The van der Waals surface area contributed by atoms with E-state index in [9.17, 15) is 0 Å². The SMILES string of the molecule is CCn1ncnc1CC(N)c1scnc1C. The summed E-state index contributed by atoms with van der Waals surface area (Å²) >= 11 is 1.60. The van der Waals surface area contributed by atoms with Gasteiger partial charge in [-0.05, 0) is 13.8 Å². The van der Waals surface area contributed by atoms with Crippen molar-refractivity contribution in [2.45, 2.75) is 32.9 Å². The third-order valence-electron chi connectivity index (χ3n) is 2.52. The molecule has 2 aromatic heterocycles. The Morgan fingerprint density at radius 1 is 1.50 bits per heavy atom. The van der Waals surface area contributed by atoms with Crippen molar-refractivity contribution in [2.75, 3.05) is 0 Å². The van der Waals surface area contributed by atoms with E-state index in [-0.39, 0.29) is 6.04 Å². The lowest BCUT2D eigenvalue weighted by Gasteiger charge is -2.10. The van der Waals surface area contributed by atoms with Crippen molar-refractivity contribution in [3.8, 4) is 0 Å². The highest BCUT2D eigenvalue weighted by atomic mass is 32.1. The van der Waals surface area contributed by atoms with Crippen LogP contribution in [0.3, 0.4) is 0 Å². The summed E-state index contributed by atoms with van der Waals surface area (Å²) in [4.78, 5) is 9.56. The minimum absolute atomic E-state index is 0.0398. The molecule has 0 bridgehead atoms. The third kappa shape index (κ3) is 2.12. The quantitative estimate of drug-likeness (QED) is 0.870. The fraction of sp³-hybridized carbons (Fsp3) is 0.500. The molecule has 2 heterocycles. The molecule has 0 amide bonds. The van der Waals surface area contributed by atoms with Crippen LogP contribution in [0.1, 0.15) is 29.4 Å². The first-order chi connectivity index (χ1) is 7.72. The van der Waals surface area contributed by atoms with E-state index in [1.54, 1.807) is 17.7 Å². The van der Waals surface area contributed by atoms with Gasteiger partial charge in [0.05, 0.1) is 11.2 Å². The molecule has 6 heteroatoms. The zero-order valence-corrected chi connectivity index (χ0v) is 10.2. The average molecular weight is 237 g/mol. The number of hydrogen-bond acceptors (Lipinski definition) is 5. The molecule has 0 aliphatic rings. The Morgan fingerprint density at radius 3 is 2.94 bits per heavy atom. The molecule has 1 atom stereocenters. The van der Waals surface area contributed by atoms with E-state index < -0.39 is 0 Å². The highest BCUT2D eigenvalue weighted by Gasteiger charge is 2.15. The van der Waals surface area contributed by atoms with Crippen LogP contribution in [0, 0.1) is 6.92 Å². The summed E-state index contributed by atoms with van der Waals surface area (Å²) in [6, 6.07) is -0.0398. The predicted octanol–water partition coefficient (Wildman–Crippen LogP) is 1.31. The number of aryl methyl sites for hydroxylation is 2. The molecular formula is C10H15N5S. The summed E-state index contributed by atoms with van der Waals surface area (Å²) in [7, 11) is 0. The van der Waals surface area contributed by atoms with Gasteiger partial charge in [-0.2, -0.15) is 5.10 Å². The molecule has 2 aromatic rings. The van der Waals surface area contributed by atoms with Crippen molar-refractivity contribution in [1.82, 2.24) is 19.7 Å². The van der Waals surface area contributed by atoms with Gasteiger partial charge in [-0.3, -0.25) is 4.68 Å². The van der Waals surface area contributed by atoms with Crippen LogP contribution >= 0.6 is 11.3 Å². The lowest BCUT2D eigenvalue weighted by Crippen LogP contribution is -2.16. The van der Waals surface area contributed by atoms with Gasteiger partial charge in [-0.15, -0.1) is 11.3 Å². The Morgan fingerprint density at radius 2 is 2.31 bits per heavy atom. The molecule has 0 saturated heterocycles. The maximum absolute atomic E-state index is 6.14. The summed E-state index contributed by atoms with van der Waals surface area (Å²) < 4.78 is 1.87. The molecule has 16 heavy (non-hydrogen) atoms. The van der Waals surface area contributed by atoms with E-state index >= 15 is 0 Å². The third-order valence-corrected chi connectivity index (χ3v) is 3.58. The molecule has 0 saturated carbocycles. The second-order valence-corrected chi connectivity index (χ2v) is 4.49. The molecule has 0 aromatic carbocycles. The van der Waals surface area contributed by atoms with Gasteiger partial charge in [0.1, 0.15) is 12.2 Å². The van der Waals surface area contributed by atoms with Crippen molar-refractivity contribution < 1.29 is 0 Å². The molecule has 0 aliphatic carbocycles. The Hall–Kier alpha value is -1.27. The standard InChI is InChI=1S/C10H15N5S/c1-3-15-9(12-5-14-15)4-8(11)10-7(2)13-6-16-10/h5-6,8H,3-4,11H2,1-2H3. The largest absolute Gasteiger partial charge is 0.323 e. The van der Waals surface area contributed by atoms with E-state index in [0.717, 1.165) is 22.9 Å². The smallest absolute Gasteiger partial charge is 0.138 e. The van der Waals surface area contributed by atoms with Crippen LogP contribution in [0.15, 0.2) is 11.8 Å². The molecule has 0 fully saturated rings. The van der Waals surface area contributed by atoms with Gasteiger partial charge in [0.25, 0.3) is 0 Å². The molecule has 0 aliphatic heterocycles. The summed E-state index contributed by atoms with van der Waals surface area (Å²) in [5.41, 5.74) is 8.99. The Balaban J connectivity index is 2.13. The number of rotatable bonds is 4. The van der Waals surface area contributed by atoms with Crippen molar-refractivity contribution in [2.24, 2.45) is 5.73 Å². The summed E-state index contributed by atoms with van der Waals surface area (Å²) in [6.45, 7) is 4.85. The van der Waals surface area contributed by atoms with Crippen LogP contribution in [0.25, 0.3) is 0 Å². The minimum atomic E-state index is -0.0398. The maximum atomic E-state index is 6.14. The van der Waals surface area contributed by atoms with Gasteiger partial charge in [0.2, 0.25) is 0 Å². The molecule has 2 rings (SSSR count). The monoisotopic (exact) mass is 237 g/mol. The van der Waals surface area contributed by atoms with E-state index in [1.807, 2.05) is 24.0 Å². The van der Waals surface area contributed by atoms with Gasteiger partial charge < -0.3 is 5.73 Å². The van der Waals surface area contributed by atoms with Crippen LogP contribution in [0.5, 0.6) is 0 Å². The highest BCUT2D eigenvalue weighted by Crippen LogP contribution is 2.22. The normalized spacial score (nSPS) is 12.9. The van der Waals surface area contributed by atoms with E-state index in [0.29, 0.717) is 6.42 Å². The first-order valence-electron chi connectivity index (χ1n) is 5.24.